The summed E-state index contributed by atoms with van der Waals surface area (Å²) in [7, 11) is 1.77. The minimum Gasteiger partial charge on any atom is -0.396 e. The van der Waals surface area contributed by atoms with Gasteiger partial charge in [0.05, 0.1) is 17.6 Å². The van der Waals surface area contributed by atoms with E-state index in [4.69, 9.17) is 5.73 Å². The summed E-state index contributed by atoms with van der Waals surface area (Å²) >= 11 is 0. The van der Waals surface area contributed by atoms with Crippen LogP contribution >= 0.6 is 0 Å². The molecule has 1 aromatic heterocycles. The Bertz CT molecular complexity index is 367. The topological polar surface area (TPSA) is 71.2 Å². The molecule has 1 atom stereocenters. The van der Waals surface area contributed by atoms with Crippen LogP contribution in [0.2, 0.25) is 0 Å². The number of hydrogen-bond donors (Lipinski definition) is 2. The van der Waals surface area contributed by atoms with Crippen LogP contribution in [0, 0.1) is 0 Å². The van der Waals surface area contributed by atoms with E-state index in [0.717, 1.165) is 5.69 Å². The van der Waals surface area contributed by atoms with Crippen molar-refractivity contribution >= 4 is 17.3 Å². The minimum atomic E-state index is -0.297. The summed E-state index contributed by atoms with van der Waals surface area (Å²) in [6.07, 6.45) is 3.20. The summed E-state index contributed by atoms with van der Waals surface area (Å²) in [5.74, 6) is 0.0405. The number of amides is 1. The fourth-order valence-electron chi connectivity index (χ4n) is 1.32. The van der Waals surface area contributed by atoms with Gasteiger partial charge in [0.2, 0.25) is 5.91 Å². The number of anilines is 2. The summed E-state index contributed by atoms with van der Waals surface area (Å²) in [6.45, 7) is 4.44. The smallest absolute Gasteiger partial charge is 0.244 e. The molecule has 1 aromatic rings. The van der Waals surface area contributed by atoms with E-state index in [1.54, 1.807) is 30.4 Å². The molecule has 0 saturated carbocycles. The lowest BCUT2D eigenvalue weighted by Gasteiger charge is -2.21. The molecule has 0 aliphatic rings. The van der Waals surface area contributed by atoms with Crippen LogP contribution in [0.25, 0.3) is 0 Å². The zero-order chi connectivity index (χ0) is 12.1. The summed E-state index contributed by atoms with van der Waals surface area (Å²) < 4.78 is 0. The first kappa shape index (κ1) is 12.3. The van der Waals surface area contributed by atoms with Crippen LogP contribution in [-0.2, 0) is 4.79 Å². The van der Waals surface area contributed by atoms with Crippen molar-refractivity contribution in [2.24, 2.45) is 0 Å². The van der Waals surface area contributed by atoms with Crippen molar-refractivity contribution in [2.45, 2.75) is 19.9 Å². The number of nitrogen functional groups attached to an aromatic ring is 1. The molecule has 1 rings (SSSR count). The van der Waals surface area contributed by atoms with Gasteiger partial charge in [-0.15, -0.1) is 0 Å². The largest absolute Gasteiger partial charge is 0.396 e. The van der Waals surface area contributed by atoms with Gasteiger partial charge in [0.1, 0.15) is 6.04 Å². The van der Waals surface area contributed by atoms with E-state index in [1.165, 1.54) is 0 Å². The van der Waals surface area contributed by atoms with Gasteiger partial charge in [0.25, 0.3) is 0 Å². The van der Waals surface area contributed by atoms with Crippen LogP contribution in [0.5, 0.6) is 0 Å². The molecule has 0 aliphatic heterocycles. The first-order valence-corrected chi connectivity index (χ1v) is 5.27. The Kier molecular flexibility index (Phi) is 4.10. The zero-order valence-corrected chi connectivity index (χ0v) is 9.90. The fraction of sp³-hybridized carbons (Fsp3) is 0.455. The monoisotopic (exact) mass is 222 g/mol. The number of hydrogen-bond acceptors (Lipinski definition) is 4. The van der Waals surface area contributed by atoms with Crippen molar-refractivity contribution in [3.05, 3.63) is 18.5 Å². The number of carbonyl (C=O) groups is 1. The third kappa shape index (κ3) is 2.85. The molecule has 0 bridgehead atoms. The lowest BCUT2D eigenvalue weighted by molar-refractivity contribution is -0.130. The predicted octanol–water partition coefficient (Wildman–Crippen LogP) is 0.942. The molecular weight excluding hydrogens is 204 g/mol. The third-order valence-electron chi connectivity index (χ3n) is 2.44. The van der Waals surface area contributed by atoms with Crippen molar-refractivity contribution in [2.75, 3.05) is 24.6 Å². The molecule has 0 spiro atoms. The third-order valence-corrected chi connectivity index (χ3v) is 2.44. The normalized spacial score (nSPS) is 11.9. The van der Waals surface area contributed by atoms with Crippen LogP contribution in [0.15, 0.2) is 18.5 Å². The molecule has 0 radical (unpaired) electrons. The molecule has 1 heterocycles. The van der Waals surface area contributed by atoms with E-state index >= 15 is 0 Å². The molecule has 3 N–H and O–H groups in total. The Morgan fingerprint density at radius 1 is 1.69 bits per heavy atom. The predicted molar refractivity (Wildman–Crippen MR) is 65.0 cm³/mol. The number of carbonyl (C=O) groups excluding carboxylic acids is 1. The highest BCUT2D eigenvalue weighted by Crippen LogP contribution is 2.16. The summed E-state index contributed by atoms with van der Waals surface area (Å²) in [6, 6.07) is 1.46. The number of nitrogens with one attached hydrogen (secondary N) is 1. The number of pyridine rings is 1. The molecule has 1 amide bonds. The standard InChI is InChI=1S/C11H18N4O/c1-4-15(3)11(16)8(2)14-10-5-6-13-7-9(10)12/h5-8H,4,12H2,1-3H3,(H,13,14). The molecule has 88 valence electrons. The quantitative estimate of drug-likeness (QED) is 0.795. The molecule has 0 saturated heterocycles. The van der Waals surface area contributed by atoms with Gasteiger partial charge in [-0.3, -0.25) is 9.78 Å². The minimum absolute atomic E-state index is 0.0405. The van der Waals surface area contributed by atoms with Gasteiger partial charge in [-0.1, -0.05) is 0 Å². The van der Waals surface area contributed by atoms with E-state index in [2.05, 4.69) is 10.3 Å². The highest BCUT2D eigenvalue weighted by Gasteiger charge is 2.16. The lowest BCUT2D eigenvalue weighted by Crippen LogP contribution is -2.38. The Hall–Kier alpha value is -1.78. The Labute approximate surface area is 95.7 Å². The van der Waals surface area contributed by atoms with Gasteiger partial charge < -0.3 is 16.0 Å². The Balaban J connectivity index is 2.68. The van der Waals surface area contributed by atoms with Crippen LogP contribution in [0.3, 0.4) is 0 Å². The molecule has 5 heteroatoms. The second kappa shape index (κ2) is 5.34. The van der Waals surface area contributed by atoms with E-state index in [-0.39, 0.29) is 11.9 Å². The van der Waals surface area contributed by atoms with Gasteiger partial charge in [-0.2, -0.15) is 0 Å². The van der Waals surface area contributed by atoms with E-state index in [1.807, 2.05) is 13.8 Å². The second-order valence-corrected chi connectivity index (χ2v) is 3.68. The molecule has 0 aliphatic carbocycles. The molecule has 1 unspecified atom stereocenters. The maximum Gasteiger partial charge on any atom is 0.244 e. The van der Waals surface area contributed by atoms with Gasteiger partial charge in [0, 0.05) is 19.8 Å². The van der Waals surface area contributed by atoms with E-state index < -0.39 is 0 Å². The van der Waals surface area contributed by atoms with Gasteiger partial charge >= 0.3 is 0 Å². The summed E-state index contributed by atoms with van der Waals surface area (Å²) in [5.41, 5.74) is 7.01. The number of likely N-dealkylation sites (N-methyl/N-ethyl adjacent to an activating group) is 1. The van der Waals surface area contributed by atoms with Crippen LogP contribution in [0.1, 0.15) is 13.8 Å². The molecule has 0 fully saturated rings. The second-order valence-electron chi connectivity index (χ2n) is 3.68. The van der Waals surface area contributed by atoms with Crippen molar-refractivity contribution < 1.29 is 4.79 Å². The van der Waals surface area contributed by atoms with Crippen LogP contribution < -0.4 is 11.1 Å². The SMILES string of the molecule is CCN(C)C(=O)C(C)Nc1ccncc1N. The van der Waals surface area contributed by atoms with Crippen molar-refractivity contribution in [1.29, 1.82) is 0 Å². The number of nitrogens with two attached hydrogens (primary N) is 1. The first-order valence-electron chi connectivity index (χ1n) is 5.27. The lowest BCUT2D eigenvalue weighted by atomic mass is 10.2. The summed E-state index contributed by atoms with van der Waals surface area (Å²) in [4.78, 5) is 17.3. The Morgan fingerprint density at radius 3 is 2.94 bits per heavy atom. The highest BCUT2D eigenvalue weighted by molar-refractivity contribution is 5.85. The zero-order valence-electron chi connectivity index (χ0n) is 9.90. The van der Waals surface area contributed by atoms with Crippen LogP contribution in [-0.4, -0.2) is 35.4 Å². The van der Waals surface area contributed by atoms with Gasteiger partial charge in [-0.05, 0) is 19.9 Å². The molecule has 16 heavy (non-hydrogen) atoms. The molecular formula is C11H18N4O. The first-order chi connectivity index (χ1) is 7.56. The number of rotatable bonds is 4. The average Bonchev–Trinajstić information content (AvgIpc) is 2.30. The fourth-order valence-corrected chi connectivity index (χ4v) is 1.32. The molecule has 5 nitrogen and oxygen atoms in total. The van der Waals surface area contributed by atoms with E-state index in [0.29, 0.717) is 12.2 Å². The Morgan fingerprint density at radius 2 is 2.38 bits per heavy atom. The van der Waals surface area contributed by atoms with Crippen molar-refractivity contribution in [3.8, 4) is 0 Å². The van der Waals surface area contributed by atoms with E-state index in [9.17, 15) is 4.79 Å². The van der Waals surface area contributed by atoms with Gasteiger partial charge in [0.15, 0.2) is 0 Å². The number of nitrogens with zero attached hydrogens (tertiary/aromatic N) is 2. The van der Waals surface area contributed by atoms with Crippen molar-refractivity contribution in [1.82, 2.24) is 9.88 Å². The van der Waals surface area contributed by atoms with Crippen LogP contribution in [0.4, 0.5) is 11.4 Å². The average molecular weight is 222 g/mol. The highest BCUT2D eigenvalue weighted by atomic mass is 16.2. The number of aromatic nitrogens is 1. The maximum absolute atomic E-state index is 11.8. The van der Waals surface area contributed by atoms with Gasteiger partial charge in [-0.25, -0.2) is 0 Å². The summed E-state index contributed by atoms with van der Waals surface area (Å²) in [5, 5.41) is 3.07. The molecule has 0 aromatic carbocycles. The van der Waals surface area contributed by atoms with Crippen molar-refractivity contribution in [3.63, 3.8) is 0 Å². The maximum atomic E-state index is 11.8.